The van der Waals surface area contributed by atoms with E-state index in [1.807, 2.05) is 36.9 Å². The van der Waals surface area contributed by atoms with E-state index in [2.05, 4.69) is 13.8 Å². The van der Waals surface area contributed by atoms with Crippen LogP contribution in [0.1, 0.15) is 25.0 Å². The first-order valence-electron chi connectivity index (χ1n) is 5.68. The lowest BCUT2D eigenvalue weighted by Crippen LogP contribution is -2.20. The quantitative estimate of drug-likeness (QED) is 0.482. The van der Waals surface area contributed by atoms with E-state index in [1.165, 1.54) is 10.5 Å². The van der Waals surface area contributed by atoms with E-state index in [0.717, 1.165) is 11.3 Å². The Morgan fingerprint density at radius 3 is 2.71 bits per heavy atom. The summed E-state index contributed by atoms with van der Waals surface area (Å²) in [5, 5.41) is 8.46. The summed E-state index contributed by atoms with van der Waals surface area (Å²) in [5.41, 5.74) is 3.74. The second-order valence-corrected chi connectivity index (χ2v) is 5.58. The highest BCUT2D eigenvalue weighted by Crippen LogP contribution is 2.25. The van der Waals surface area contributed by atoms with Gasteiger partial charge in [-0.25, -0.2) is 5.48 Å². The summed E-state index contributed by atoms with van der Waals surface area (Å²) in [5.74, 6) is 1.38. The third-order valence-electron chi connectivity index (χ3n) is 2.30. The van der Waals surface area contributed by atoms with E-state index in [4.69, 9.17) is 5.21 Å². The zero-order chi connectivity index (χ0) is 12.8. The van der Waals surface area contributed by atoms with Gasteiger partial charge in [0.1, 0.15) is 0 Å². The Morgan fingerprint density at radius 2 is 2.18 bits per heavy atom. The van der Waals surface area contributed by atoms with Crippen LogP contribution in [0, 0.1) is 12.8 Å². The van der Waals surface area contributed by atoms with Crippen molar-refractivity contribution in [1.82, 2.24) is 5.48 Å². The van der Waals surface area contributed by atoms with Crippen molar-refractivity contribution in [2.45, 2.75) is 32.1 Å². The van der Waals surface area contributed by atoms with Crippen molar-refractivity contribution in [2.24, 2.45) is 5.92 Å². The predicted molar refractivity (Wildman–Crippen MR) is 70.4 cm³/mol. The van der Waals surface area contributed by atoms with Crippen LogP contribution in [0.5, 0.6) is 0 Å². The number of carbonyl (C=O) groups is 1. The summed E-state index contributed by atoms with van der Waals surface area (Å²) in [6.45, 7) is 6.44. The maximum atomic E-state index is 11.0. The Labute approximate surface area is 107 Å². The Morgan fingerprint density at radius 1 is 1.47 bits per heavy atom. The van der Waals surface area contributed by atoms with Gasteiger partial charge in [0.15, 0.2) is 0 Å². The number of aryl methyl sites for hydroxylation is 1. The van der Waals surface area contributed by atoms with Gasteiger partial charge >= 0.3 is 0 Å². The van der Waals surface area contributed by atoms with Gasteiger partial charge in [0.25, 0.3) is 0 Å². The normalized spacial score (nSPS) is 10.6. The van der Waals surface area contributed by atoms with Gasteiger partial charge in [-0.2, -0.15) is 0 Å². The van der Waals surface area contributed by atoms with Gasteiger partial charge in [0.05, 0.1) is 6.42 Å². The van der Waals surface area contributed by atoms with Crippen molar-refractivity contribution in [3.8, 4) is 0 Å². The molecule has 0 saturated carbocycles. The molecule has 0 unspecified atom stereocenters. The molecule has 3 nitrogen and oxygen atoms in total. The fraction of sp³-hybridized carbons (Fsp3) is 0.462. The summed E-state index contributed by atoms with van der Waals surface area (Å²) in [7, 11) is 0. The third kappa shape index (κ3) is 4.79. The van der Waals surface area contributed by atoms with Crippen molar-refractivity contribution < 1.29 is 10.0 Å². The maximum absolute atomic E-state index is 11.0. The average molecular weight is 253 g/mol. The second kappa shape index (κ2) is 6.67. The predicted octanol–water partition coefficient (Wildman–Crippen LogP) is 2.79. The topological polar surface area (TPSA) is 49.3 Å². The summed E-state index contributed by atoms with van der Waals surface area (Å²) in [4.78, 5) is 12.3. The van der Waals surface area contributed by atoms with Crippen LogP contribution in [0.15, 0.2) is 23.1 Å². The van der Waals surface area contributed by atoms with Gasteiger partial charge in [-0.3, -0.25) is 10.0 Å². The summed E-state index contributed by atoms with van der Waals surface area (Å²) in [6, 6.07) is 5.98. The third-order valence-corrected chi connectivity index (χ3v) is 3.90. The Bertz CT molecular complexity index is 391. The molecule has 0 spiro atoms. The standard InChI is InChI=1S/C13H19NO2S/c1-9(2)8-17-12-5-4-11(6-10(12)3)7-13(15)14-16/h4-6,9,16H,7-8H2,1-3H3,(H,14,15). The van der Waals surface area contributed by atoms with Crippen molar-refractivity contribution in [3.63, 3.8) is 0 Å². The molecule has 1 rings (SSSR count). The molecule has 0 aliphatic heterocycles. The van der Waals surface area contributed by atoms with Crippen molar-refractivity contribution in [2.75, 3.05) is 5.75 Å². The lowest BCUT2D eigenvalue weighted by molar-refractivity contribution is -0.128. The van der Waals surface area contributed by atoms with Gasteiger partial charge in [-0.05, 0) is 30.0 Å². The van der Waals surface area contributed by atoms with Crippen LogP contribution in [-0.2, 0) is 11.2 Å². The highest BCUT2D eigenvalue weighted by Gasteiger charge is 2.05. The lowest BCUT2D eigenvalue weighted by atomic mass is 10.1. The van der Waals surface area contributed by atoms with E-state index < -0.39 is 0 Å². The summed E-state index contributed by atoms with van der Waals surface area (Å²) < 4.78 is 0. The fourth-order valence-corrected chi connectivity index (χ4v) is 2.43. The molecule has 0 aliphatic carbocycles. The molecule has 0 saturated heterocycles. The minimum Gasteiger partial charge on any atom is -0.289 e. The molecule has 0 fully saturated rings. The van der Waals surface area contributed by atoms with Crippen LogP contribution < -0.4 is 5.48 Å². The Hall–Kier alpha value is -1.000. The van der Waals surface area contributed by atoms with E-state index in [9.17, 15) is 4.79 Å². The van der Waals surface area contributed by atoms with Gasteiger partial charge in [0, 0.05) is 10.6 Å². The highest BCUT2D eigenvalue weighted by molar-refractivity contribution is 7.99. The van der Waals surface area contributed by atoms with Gasteiger partial charge in [-0.15, -0.1) is 11.8 Å². The number of hydrogen-bond acceptors (Lipinski definition) is 3. The minimum atomic E-state index is -0.382. The van der Waals surface area contributed by atoms with Crippen LogP contribution >= 0.6 is 11.8 Å². The first kappa shape index (κ1) is 14.1. The number of hydroxylamine groups is 1. The van der Waals surface area contributed by atoms with Crippen molar-refractivity contribution in [1.29, 1.82) is 0 Å². The average Bonchev–Trinajstić information content (AvgIpc) is 2.27. The fourth-order valence-electron chi connectivity index (χ4n) is 1.46. The number of amides is 1. The first-order valence-corrected chi connectivity index (χ1v) is 6.66. The van der Waals surface area contributed by atoms with Crippen LogP contribution in [-0.4, -0.2) is 16.9 Å². The summed E-state index contributed by atoms with van der Waals surface area (Å²) >= 11 is 1.84. The zero-order valence-corrected chi connectivity index (χ0v) is 11.3. The molecule has 0 aliphatic rings. The minimum absolute atomic E-state index is 0.215. The van der Waals surface area contributed by atoms with Crippen LogP contribution in [0.3, 0.4) is 0 Å². The Kier molecular flexibility index (Phi) is 5.51. The SMILES string of the molecule is Cc1cc(CC(=O)NO)ccc1SCC(C)C. The number of carbonyl (C=O) groups excluding carboxylic acids is 1. The number of benzene rings is 1. The van der Waals surface area contributed by atoms with Gasteiger partial charge in [0.2, 0.25) is 5.91 Å². The van der Waals surface area contributed by atoms with E-state index in [1.54, 1.807) is 5.48 Å². The molecular formula is C13H19NO2S. The first-order chi connectivity index (χ1) is 8.02. The smallest absolute Gasteiger partial charge is 0.247 e. The zero-order valence-electron chi connectivity index (χ0n) is 10.5. The number of nitrogens with one attached hydrogen (secondary N) is 1. The molecule has 1 aromatic rings. The molecule has 0 heterocycles. The number of thioether (sulfide) groups is 1. The number of hydrogen-bond donors (Lipinski definition) is 2. The molecule has 0 atom stereocenters. The Balaban J connectivity index is 2.69. The van der Waals surface area contributed by atoms with E-state index >= 15 is 0 Å². The van der Waals surface area contributed by atoms with Crippen LogP contribution in [0.2, 0.25) is 0 Å². The molecule has 0 bridgehead atoms. The molecule has 0 aromatic heterocycles. The van der Waals surface area contributed by atoms with E-state index in [-0.39, 0.29) is 12.3 Å². The monoisotopic (exact) mass is 253 g/mol. The highest BCUT2D eigenvalue weighted by atomic mass is 32.2. The molecule has 94 valence electrons. The van der Waals surface area contributed by atoms with Crippen LogP contribution in [0.4, 0.5) is 0 Å². The molecule has 17 heavy (non-hydrogen) atoms. The van der Waals surface area contributed by atoms with Crippen LogP contribution in [0.25, 0.3) is 0 Å². The molecule has 2 N–H and O–H groups in total. The van der Waals surface area contributed by atoms with E-state index in [0.29, 0.717) is 5.92 Å². The van der Waals surface area contributed by atoms with Gasteiger partial charge < -0.3 is 0 Å². The molecule has 1 amide bonds. The van der Waals surface area contributed by atoms with Gasteiger partial charge in [-0.1, -0.05) is 26.0 Å². The molecule has 4 heteroatoms. The lowest BCUT2D eigenvalue weighted by Gasteiger charge is -2.09. The number of rotatable bonds is 5. The van der Waals surface area contributed by atoms with Crippen molar-refractivity contribution >= 4 is 17.7 Å². The largest absolute Gasteiger partial charge is 0.289 e. The maximum Gasteiger partial charge on any atom is 0.247 e. The summed E-state index contributed by atoms with van der Waals surface area (Å²) in [6.07, 6.45) is 0.215. The molecule has 1 aromatic carbocycles. The molecule has 0 radical (unpaired) electrons. The van der Waals surface area contributed by atoms with Crippen molar-refractivity contribution in [3.05, 3.63) is 29.3 Å². The second-order valence-electron chi connectivity index (χ2n) is 4.52. The molecular weight excluding hydrogens is 234 g/mol.